The minimum atomic E-state index is -0.735. The van der Waals surface area contributed by atoms with Crippen LogP contribution in [0.1, 0.15) is 23.0 Å². The molecule has 0 radical (unpaired) electrons. The van der Waals surface area contributed by atoms with E-state index >= 15 is 0 Å². The third-order valence-corrected chi connectivity index (χ3v) is 3.67. The summed E-state index contributed by atoms with van der Waals surface area (Å²) in [4.78, 5) is 0. The molecule has 3 rings (SSSR count). The smallest absolute Gasteiger partial charge is 0.138 e. The maximum Gasteiger partial charge on any atom is 0.138 e. The van der Waals surface area contributed by atoms with Crippen LogP contribution in [0.3, 0.4) is 0 Å². The molecule has 96 valence electrons. The number of hydrogen-bond acceptors (Lipinski definition) is 2. The van der Waals surface area contributed by atoms with Gasteiger partial charge in [-0.15, -0.1) is 0 Å². The second-order valence-electron chi connectivity index (χ2n) is 4.64. The van der Waals surface area contributed by atoms with Crippen LogP contribution in [0.4, 0.5) is 0 Å². The van der Waals surface area contributed by atoms with Gasteiger partial charge in [-0.25, -0.2) is 0 Å². The molecule has 0 fully saturated rings. The molecule has 0 aliphatic heterocycles. The van der Waals surface area contributed by atoms with E-state index in [9.17, 15) is 5.11 Å². The van der Waals surface area contributed by atoms with Crippen molar-refractivity contribution in [2.75, 3.05) is 0 Å². The van der Waals surface area contributed by atoms with E-state index in [4.69, 9.17) is 4.42 Å². The van der Waals surface area contributed by atoms with Crippen LogP contribution in [0, 0.1) is 6.92 Å². The Morgan fingerprint density at radius 3 is 2.53 bits per heavy atom. The Labute approximate surface area is 119 Å². The second-order valence-corrected chi connectivity index (χ2v) is 5.56. The molecule has 19 heavy (non-hydrogen) atoms. The Bertz CT molecular complexity index is 713. The highest BCUT2D eigenvalue weighted by Crippen LogP contribution is 2.29. The summed E-state index contributed by atoms with van der Waals surface area (Å²) >= 11 is 3.38. The van der Waals surface area contributed by atoms with Gasteiger partial charge in [0.15, 0.2) is 0 Å². The van der Waals surface area contributed by atoms with Crippen LogP contribution in [0.15, 0.2) is 57.4 Å². The number of aliphatic hydroxyl groups is 1. The zero-order valence-corrected chi connectivity index (χ0v) is 12.0. The van der Waals surface area contributed by atoms with Gasteiger partial charge in [0.25, 0.3) is 0 Å². The van der Waals surface area contributed by atoms with Crippen molar-refractivity contribution < 1.29 is 9.52 Å². The van der Waals surface area contributed by atoms with Gasteiger partial charge in [0.05, 0.1) is 0 Å². The Morgan fingerprint density at radius 1 is 1.05 bits per heavy atom. The SMILES string of the molecule is Cc1ccc2oc(C(O)c3ccc(Br)cc3)cc2c1. The third-order valence-electron chi connectivity index (χ3n) is 3.15. The first-order valence-corrected chi connectivity index (χ1v) is 6.86. The number of benzene rings is 2. The van der Waals surface area contributed by atoms with E-state index in [1.165, 1.54) is 5.56 Å². The summed E-state index contributed by atoms with van der Waals surface area (Å²) in [6.07, 6.45) is -0.735. The van der Waals surface area contributed by atoms with Gasteiger partial charge >= 0.3 is 0 Å². The van der Waals surface area contributed by atoms with Crippen molar-refractivity contribution in [2.24, 2.45) is 0 Å². The maximum atomic E-state index is 10.3. The Hall–Kier alpha value is -1.58. The van der Waals surface area contributed by atoms with Gasteiger partial charge in [0, 0.05) is 9.86 Å². The van der Waals surface area contributed by atoms with E-state index in [0.29, 0.717) is 5.76 Å². The van der Waals surface area contributed by atoms with E-state index in [1.54, 1.807) is 0 Å². The second kappa shape index (κ2) is 4.83. The number of fused-ring (bicyclic) bond motifs is 1. The molecule has 3 aromatic rings. The fraction of sp³-hybridized carbons (Fsp3) is 0.125. The Morgan fingerprint density at radius 2 is 1.79 bits per heavy atom. The third kappa shape index (κ3) is 2.44. The van der Waals surface area contributed by atoms with Gasteiger partial charge in [-0.05, 0) is 42.8 Å². The number of hydrogen-bond donors (Lipinski definition) is 1. The predicted octanol–water partition coefficient (Wildman–Crippen LogP) is 4.59. The molecule has 0 saturated heterocycles. The van der Waals surface area contributed by atoms with Crippen LogP contribution in [-0.2, 0) is 0 Å². The summed E-state index contributed by atoms with van der Waals surface area (Å²) in [6.45, 7) is 2.04. The lowest BCUT2D eigenvalue weighted by atomic mass is 10.1. The van der Waals surface area contributed by atoms with E-state index in [0.717, 1.165) is 21.0 Å². The first-order valence-electron chi connectivity index (χ1n) is 6.07. The van der Waals surface area contributed by atoms with Crippen molar-refractivity contribution in [3.8, 4) is 0 Å². The fourth-order valence-electron chi connectivity index (χ4n) is 2.13. The lowest BCUT2D eigenvalue weighted by molar-refractivity contribution is 0.192. The van der Waals surface area contributed by atoms with Crippen molar-refractivity contribution in [1.29, 1.82) is 0 Å². The molecule has 3 heteroatoms. The van der Waals surface area contributed by atoms with Crippen LogP contribution < -0.4 is 0 Å². The van der Waals surface area contributed by atoms with Crippen molar-refractivity contribution in [2.45, 2.75) is 13.0 Å². The van der Waals surface area contributed by atoms with Crippen molar-refractivity contribution in [3.63, 3.8) is 0 Å². The first kappa shape index (κ1) is 12.5. The average Bonchev–Trinajstić information content (AvgIpc) is 2.81. The zero-order valence-electron chi connectivity index (χ0n) is 10.4. The van der Waals surface area contributed by atoms with Gasteiger partial charge < -0.3 is 9.52 Å². The molecule has 1 N–H and O–H groups in total. The monoisotopic (exact) mass is 316 g/mol. The molecule has 1 unspecified atom stereocenters. The molecule has 0 bridgehead atoms. The van der Waals surface area contributed by atoms with Gasteiger partial charge in [-0.3, -0.25) is 0 Å². The van der Waals surface area contributed by atoms with E-state index in [1.807, 2.05) is 49.4 Å². The number of aryl methyl sites for hydroxylation is 1. The summed E-state index contributed by atoms with van der Waals surface area (Å²) in [7, 11) is 0. The highest BCUT2D eigenvalue weighted by molar-refractivity contribution is 9.10. The molecular weight excluding hydrogens is 304 g/mol. The minimum absolute atomic E-state index is 0.572. The number of halogens is 1. The van der Waals surface area contributed by atoms with Crippen LogP contribution >= 0.6 is 15.9 Å². The van der Waals surface area contributed by atoms with E-state index < -0.39 is 6.10 Å². The highest BCUT2D eigenvalue weighted by Gasteiger charge is 2.15. The van der Waals surface area contributed by atoms with Crippen molar-refractivity contribution in [3.05, 3.63) is 69.9 Å². The number of aliphatic hydroxyl groups excluding tert-OH is 1. The molecule has 0 spiro atoms. The molecule has 2 aromatic carbocycles. The molecule has 1 heterocycles. The lowest BCUT2D eigenvalue weighted by Crippen LogP contribution is -1.97. The molecule has 1 atom stereocenters. The molecule has 0 amide bonds. The topological polar surface area (TPSA) is 33.4 Å². The Balaban J connectivity index is 2.01. The summed E-state index contributed by atoms with van der Waals surface area (Å²) in [5, 5.41) is 11.4. The molecule has 1 aromatic heterocycles. The van der Waals surface area contributed by atoms with Gasteiger partial charge in [0.2, 0.25) is 0 Å². The molecule has 0 aliphatic carbocycles. The normalized spacial score (nSPS) is 12.8. The molecule has 0 saturated carbocycles. The van der Waals surface area contributed by atoms with Gasteiger partial charge in [-0.2, -0.15) is 0 Å². The zero-order chi connectivity index (χ0) is 13.4. The standard InChI is InChI=1S/C16H13BrO2/c1-10-2-7-14-12(8-10)9-15(19-14)16(18)11-3-5-13(17)6-4-11/h2-9,16,18H,1H3. The quantitative estimate of drug-likeness (QED) is 0.750. The average molecular weight is 317 g/mol. The largest absolute Gasteiger partial charge is 0.458 e. The molecule has 2 nitrogen and oxygen atoms in total. The van der Waals surface area contributed by atoms with Gasteiger partial charge in [0.1, 0.15) is 17.4 Å². The maximum absolute atomic E-state index is 10.3. The van der Waals surface area contributed by atoms with Crippen LogP contribution in [0.5, 0.6) is 0 Å². The summed E-state index contributed by atoms with van der Waals surface area (Å²) in [5.74, 6) is 0.572. The van der Waals surface area contributed by atoms with Crippen LogP contribution in [0.2, 0.25) is 0 Å². The Kier molecular flexibility index (Phi) is 3.17. The lowest BCUT2D eigenvalue weighted by Gasteiger charge is -2.07. The predicted molar refractivity (Wildman–Crippen MR) is 79.2 cm³/mol. The fourth-order valence-corrected chi connectivity index (χ4v) is 2.39. The van der Waals surface area contributed by atoms with Crippen molar-refractivity contribution >= 4 is 26.9 Å². The summed E-state index contributed by atoms with van der Waals surface area (Å²) in [6, 6.07) is 15.5. The summed E-state index contributed by atoms with van der Waals surface area (Å²) in [5.41, 5.74) is 2.80. The van der Waals surface area contributed by atoms with Crippen molar-refractivity contribution in [1.82, 2.24) is 0 Å². The molecular formula is C16H13BrO2. The number of rotatable bonds is 2. The minimum Gasteiger partial charge on any atom is -0.458 e. The van der Waals surface area contributed by atoms with E-state index in [2.05, 4.69) is 22.0 Å². The first-order chi connectivity index (χ1) is 9.13. The summed E-state index contributed by atoms with van der Waals surface area (Å²) < 4.78 is 6.70. The molecule has 0 aliphatic rings. The van der Waals surface area contributed by atoms with Gasteiger partial charge in [-0.1, -0.05) is 39.7 Å². The number of furan rings is 1. The highest BCUT2D eigenvalue weighted by atomic mass is 79.9. The van der Waals surface area contributed by atoms with Crippen LogP contribution in [-0.4, -0.2) is 5.11 Å². The van der Waals surface area contributed by atoms with E-state index in [-0.39, 0.29) is 0 Å². The van der Waals surface area contributed by atoms with Crippen LogP contribution in [0.25, 0.3) is 11.0 Å².